The molecule has 3 heterocycles. The van der Waals surface area contributed by atoms with Gasteiger partial charge in [0.2, 0.25) is 0 Å². The number of rotatable bonds is 4. The first-order valence-corrected chi connectivity index (χ1v) is 6.73. The van der Waals surface area contributed by atoms with Crippen molar-refractivity contribution in [3.05, 3.63) is 23.5 Å². The van der Waals surface area contributed by atoms with Gasteiger partial charge in [0.25, 0.3) is 0 Å². The van der Waals surface area contributed by atoms with Gasteiger partial charge in [0.1, 0.15) is 0 Å². The Bertz CT molecular complexity index is 460. The highest BCUT2D eigenvalue weighted by atomic mass is 32.1. The van der Waals surface area contributed by atoms with Gasteiger partial charge in [-0.05, 0) is 12.8 Å². The van der Waals surface area contributed by atoms with Gasteiger partial charge < -0.3 is 4.74 Å². The number of fused-ring (bicyclic) bond motifs is 1. The third-order valence-corrected chi connectivity index (χ3v) is 3.97. The summed E-state index contributed by atoms with van der Waals surface area (Å²) in [6.07, 6.45) is 7.33. The van der Waals surface area contributed by atoms with Gasteiger partial charge >= 0.3 is 0 Å². The maximum absolute atomic E-state index is 5.66. The summed E-state index contributed by atoms with van der Waals surface area (Å²) in [5, 5.41) is 2.03. The Morgan fingerprint density at radius 2 is 2.65 bits per heavy atom. The highest BCUT2D eigenvalue weighted by Gasteiger charge is 2.25. The number of thiazole rings is 1. The molecule has 0 bridgehead atoms. The predicted octanol–water partition coefficient (Wildman–Crippen LogP) is 0.949. The van der Waals surface area contributed by atoms with E-state index in [4.69, 9.17) is 10.6 Å². The largest absolute Gasteiger partial charge is 0.377 e. The normalized spacial score (nSPS) is 22.3. The van der Waals surface area contributed by atoms with E-state index in [0.29, 0.717) is 0 Å². The monoisotopic (exact) mass is 252 g/mol. The number of nitrogens with one attached hydrogen (secondary N) is 1. The van der Waals surface area contributed by atoms with E-state index in [9.17, 15) is 0 Å². The second-order valence-electron chi connectivity index (χ2n) is 4.35. The summed E-state index contributed by atoms with van der Waals surface area (Å²) in [4.78, 5) is 5.59. The zero-order chi connectivity index (χ0) is 11.7. The fourth-order valence-corrected chi connectivity index (χ4v) is 3.04. The van der Waals surface area contributed by atoms with Crippen molar-refractivity contribution >= 4 is 16.3 Å². The molecule has 0 amide bonds. The Kier molecular flexibility index (Phi) is 3.11. The number of ether oxygens (including phenoxy) is 1. The number of hydrazine groups is 1. The summed E-state index contributed by atoms with van der Waals surface area (Å²) >= 11 is 1.64. The summed E-state index contributed by atoms with van der Waals surface area (Å²) in [5.41, 5.74) is 3.92. The topological polar surface area (TPSA) is 64.6 Å². The average molecular weight is 252 g/mol. The third-order valence-electron chi connectivity index (χ3n) is 3.20. The van der Waals surface area contributed by atoms with Crippen molar-refractivity contribution in [3.8, 4) is 0 Å². The van der Waals surface area contributed by atoms with Gasteiger partial charge in [-0.25, -0.2) is 4.98 Å². The summed E-state index contributed by atoms with van der Waals surface area (Å²) in [5.74, 6) is 5.61. The van der Waals surface area contributed by atoms with E-state index in [-0.39, 0.29) is 12.1 Å². The lowest BCUT2D eigenvalue weighted by Crippen LogP contribution is -2.45. The Morgan fingerprint density at radius 1 is 1.71 bits per heavy atom. The predicted molar refractivity (Wildman–Crippen MR) is 66.9 cm³/mol. The van der Waals surface area contributed by atoms with Gasteiger partial charge in [-0.3, -0.25) is 15.7 Å². The highest BCUT2D eigenvalue weighted by Crippen LogP contribution is 2.19. The molecule has 92 valence electrons. The molecule has 0 spiro atoms. The van der Waals surface area contributed by atoms with Crippen molar-refractivity contribution < 1.29 is 4.74 Å². The summed E-state index contributed by atoms with van der Waals surface area (Å²) in [6.45, 7) is 0.848. The van der Waals surface area contributed by atoms with E-state index in [1.807, 2.05) is 16.0 Å². The maximum Gasteiger partial charge on any atom is 0.193 e. The second kappa shape index (κ2) is 4.73. The molecule has 1 fully saturated rings. The molecular weight excluding hydrogens is 236 g/mol. The highest BCUT2D eigenvalue weighted by molar-refractivity contribution is 7.15. The van der Waals surface area contributed by atoms with Crippen LogP contribution in [0.4, 0.5) is 0 Å². The first-order chi connectivity index (χ1) is 8.36. The van der Waals surface area contributed by atoms with Crippen LogP contribution in [0.3, 0.4) is 0 Å². The molecule has 0 radical (unpaired) electrons. The molecule has 0 aromatic carbocycles. The van der Waals surface area contributed by atoms with Crippen LogP contribution in [0.25, 0.3) is 4.96 Å². The van der Waals surface area contributed by atoms with Crippen LogP contribution in [0.5, 0.6) is 0 Å². The molecule has 1 aliphatic heterocycles. The van der Waals surface area contributed by atoms with Crippen LogP contribution in [0, 0.1) is 0 Å². The van der Waals surface area contributed by atoms with Gasteiger partial charge in [0, 0.05) is 30.8 Å². The van der Waals surface area contributed by atoms with Crippen LogP contribution in [-0.2, 0) is 11.2 Å². The Morgan fingerprint density at radius 3 is 3.35 bits per heavy atom. The third kappa shape index (κ3) is 2.21. The lowest BCUT2D eigenvalue weighted by Gasteiger charge is -2.20. The van der Waals surface area contributed by atoms with Crippen LogP contribution in [0.2, 0.25) is 0 Å². The van der Waals surface area contributed by atoms with Gasteiger partial charge in [-0.15, -0.1) is 11.3 Å². The fourth-order valence-electron chi connectivity index (χ4n) is 2.32. The van der Waals surface area contributed by atoms with E-state index >= 15 is 0 Å². The lowest BCUT2D eigenvalue weighted by atomic mass is 10.0. The summed E-state index contributed by atoms with van der Waals surface area (Å²) < 4.78 is 7.70. The van der Waals surface area contributed by atoms with Crippen molar-refractivity contribution in [1.29, 1.82) is 0 Å². The van der Waals surface area contributed by atoms with Crippen LogP contribution >= 0.6 is 11.3 Å². The number of hydrogen-bond acceptors (Lipinski definition) is 5. The Hall–Kier alpha value is -0.950. The molecule has 2 aromatic rings. The number of nitrogens with zero attached hydrogens (tertiary/aromatic N) is 2. The molecule has 0 aliphatic carbocycles. The molecule has 2 unspecified atom stereocenters. The molecule has 2 aromatic heterocycles. The van der Waals surface area contributed by atoms with Gasteiger partial charge in [0.15, 0.2) is 4.96 Å². The van der Waals surface area contributed by atoms with Crippen LogP contribution in [0.1, 0.15) is 18.5 Å². The minimum absolute atomic E-state index is 0.155. The van der Waals surface area contributed by atoms with E-state index in [1.165, 1.54) is 0 Å². The maximum atomic E-state index is 5.66. The molecule has 5 nitrogen and oxygen atoms in total. The van der Waals surface area contributed by atoms with E-state index in [2.05, 4.69) is 16.6 Å². The van der Waals surface area contributed by atoms with E-state index in [1.54, 1.807) is 11.3 Å². The molecule has 6 heteroatoms. The van der Waals surface area contributed by atoms with Crippen molar-refractivity contribution in [1.82, 2.24) is 14.8 Å². The van der Waals surface area contributed by atoms with Crippen LogP contribution in [0.15, 0.2) is 17.8 Å². The zero-order valence-corrected chi connectivity index (χ0v) is 10.3. The quantitative estimate of drug-likeness (QED) is 0.628. The van der Waals surface area contributed by atoms with E-state index in [0.717, 1.165) is 36.5 Å². The average Bonchev–Trinajstić information content (AvgIpc) is 3.01. The minimum Gasteiger partial charge on any atom is -0.377 e. The molecule has 2 atom stereocenters. The van der Waals surface area contributed by atoms with Crippen molar-refractivity contribution in [2.75, 3.05) is 6.61 Å². The summed E-state index contributed by atoms with van der Waals surface area (Å²) in [7, 11) is 0. The van der Waals surface area contributed by atoms with Gasteiger partial charge in [-0.2, -0.15) is 0 Å². The van der Waals surface area contributed by atoms with E-state index < -0.39 is 0 Å². The fraction of sp³-hybridized carbons (Fsp3) is 0.545. The Labute approximate surface area is 104 Å². The number of aromatic nitrogens is 2. The van der Waals surface area contributed by atoms with Crippen molar-refractivity contribution in [2.24, 2.45) is 5.84 Å². The smallest absolute Gasteiger partial charge is 0.193 e. The number of nitrogens with two attached hydrogens (primary N) is 1. The zero-order valence-electron chi connectivity index (χ0n) is 9.50. The summed E-state index contributed by atoms with van der Waals surface area (Å²) in [6, 6.07) is 0.155. The van der Waals surface area contributed by atoms with Crippen LogP contribution in [-0.4, -0.2) is 28.1 Å². The van der Waals surface area contributed by atoms with Crippen LogP contribution < -0.4 is 11.3 Å². The van der Waals surface area contributed by atoms with Crippen molar-refractivity contribution in [2.45, 2.75) is 31.4 Å². The van der Waals surface area contributed by atoms with Crippen molar-refractivity contribution in [3.63, 3.8) is 0 Å². The Balaban J connectivity index is 1.73. The van der Waals surface area contributed by atoms with Gasteiger partial charge in [-0.1, -0.05) is 0 Å². The standard InChI is InChI=1S/C11H16N4OS/c12-14-9(10-2-1-4-16-10)6-8-7-15-3-5-17-11(15)13-8/h3,5,7,9-10,14H,1-2,4,6,12H2. The van der Waals surface area contributed by atoms with Gasteiger partial charge in [0.05, 0.1) is 17.8 Å². The SMILES string of the molecule is NNC(Cc1cn2ccsc2n1)C1CCCO1. The molecule has 17 heavy (non-hydrogen) atoms. The molecule has 3 rings (SSSR count). The number of hydrogen-bond donors (Lipinski definition) is 2. The molecular formula is C11H16N4OS. The molecule has 3 N–H and O–H groups in total. The first kappa shape index (κ1) is 11.2. The molecule has 1 saturated heterocycles. The number of imidazole rings is 1. The first-order valence-electron chi connectivity index (χ1n) is 5.85. The minimum atomic E-state index is 0.155. The molecule has 1 aliphatic rings. The lowest BCUT2D eigenvalue weighted by molar-refractivity contribution is 0.0782. The second-order valence-corrected chi connectivity index (χ2v) is 5.23. The molecule has 0 saturated carbocycles.